The molecule has 9 heteroatoms. The summed E-state index contributed by atoms with van der Waals surface area (Å²) in [5.74, 6) is 1.08. The number of aliphatic hydroxyl groups is 1. The Morgan fingerprint density at radius 3 is 2.89 bits per heavy atom. The smallest absolute Gasteiger partial charge is 0.191 e. The number of benzene rings is 1. The summed E-state index contributed by atoms with van der Waals surface area (Å²) >= 11 is 13.7. The van der Waals surface area contributed by atoms with Crippen molar-refractivity contribution < 1.29 is 9.84 Å². The number of aliphatic imine (C=N–C) groups is 1. The lowest BCUT2D eigenvalue weighted by molar-refractivity contribution is 0.114. The average molecular weight is 431 g/mol. The lowest BCUT2D eigenvalue weighted by Crippen LogP contribution is -2.39. The van der Waals surface area contributed by atoms with Crippen LogP contribution in [-0.4, -0.2) is 48.4 Å². The molecule has 0 saturated carbocycles. The molecule has 0 radical (unpaired) electrons. The maximum atomic E-state index is 10.1. The van der Waals surface area contributed by atoms with Crippen LogP contribution in [0, 0.1) is 6.92 Å². The number of aromatic nitrogens is 1. The summed E-state index contributed by atoms with van der Waals surface area (Å²) in [5.41, 5.74) is 0. The molecule has 2 aromatic rings. The molecule has 0 amide bonds. The average Bonchev–Trinajstić information content (AvgIpc) is 3.06. The highest BCUT2D eigenvalue weighted by molar-refractivity contribution is 7.11. The minimum Gasteiger partial charge on any atom is -0.489 e. The van der Waals surface area contributed by atoms with Gasteiger partial charge in [0.2, 0.25) is 0 Å². The van der Waals surface area contributed by atoms with Crippen molar-refractivity contribution in [3.63, 3.8) is 0 Å². The molecule has 1 aromatic carbocycles. The van der Waals surface area contributed by atoms with Gasteiger partial charge in [-0.15, -0.1) is 11.3 Å². The van der Waals surface area contributed by atoms with Crippen LogP contribution in [0.4, 0.5) is 0 Å². The van der Waals surface area contributed by atoms with Crippen molar-refractivity contribution in [2.75, 3.05) is 26.2 Å². The Balaban J connectivity index is 1.79. The fourth-order valence-electron chi connectivity index (χ4n) is 2.18. The van der Waals surface area contributed by atoms with Crippen LogP contribution in [0.1, 0.15) is 16.8 Å². The fraction of sp³-hybridized carbons (Fsp3) is 0.444. The normalized spacial score (nSPS) is 12.7. The van der Waals surface area contributed by atoms with Gasteiger partial charge in [-0.3, -0.25) is 4.99 Å². The van der Waals surface area contributed by atoms with E-state index in [2.05, 4.69) is 20.6 Å². The number of hydrogen-bond acceptors (Lipinski definition) is 5. The molecular weight excluding hydrogens is 407 g/mol. The molecule has 0 fully saturated rings. The van der Waals surface area contributed by atoms with E-state index in [0.29, 0.717) is 28.3 Å². The van der Waals surface area contributed by atoms with E-state index in [0.717, 1.165) is 18.0 Å². The summed E-state index contributed by atoms with van der Waals surface area (Å²) < 4.78 is 5.53. The summed E-state index contributed by atoms with van der Waals surface area (Å²) in [6.07, 6.45) is 1.93. The van der Waals surface area contributed by atoms with Crippen molar-refractivity contribution in [3.05, 3.63) is 44.3 Å². The Morgan fingerprint density at radius 1 is 1.37 bits per heavy atom. The van der Waals surface area contributed by atoms with Gasteiger partial charge in [-0.25, -0.2) is 4.98 Å². The first kappa shape index (κ1) is 21.8. The Morgan fingerprint density at radius 2 is 2.19 bits per heavy atom. The number of halogens is 2. The van der Waals surface area contributed by atoms with Crippen molar-refractivity contribution in [1.29, 1.82) is 0 Å². The van der Waals surface area contributed by atoms with E-state index < -0.39 is 6.10 Å². The first-order valence-corrected chi connectivity index (χ1v) is 10.2. The molecule has 0 saturated heterocycles. The van der Waals surface area contributed by atoms with E-state index in [1.807, 2.05) is 20.0 Å². The molecule has 6 nitrogen and oxygen atoms in total. The lowest BCUT2D eigenvalue weighted by Gasteiger charge is -2.14. The summed E-state index contributed by atoms with van der Waals surface area (Å²) in [4.78, 5) is 9.93. The molecule has 0 aliphatic carbocycles. The molecule has 1 heterocycles. The zero-order valence-electron chi connectivity index (χ0n) is 15.3. The van der Waals surface area contributed by atoms with E-state index in [1.54, 1.807) is 29.5 Å². The minimum atomic E-state index is -0.767. The number of aryl methyl sites for hydroxylation is 1. The van der Waals surface area contributed by atoms with Gasteiger partial charge in [0.05, 0.1) is 16.6 Å². The Labute approximate surface area is 173 Å². The van der Waals surface area contributed by atoms with Gasteiger partial charge in [0, 0.05) is 30.6 Å². The van der Waals surface area contributed by atoms with Crippen molar-refractivity contribution in [2.45, 2.75) is 26.4 Å². The SMILES string of the molecule is CCNC(=NCC(O)COc1cccc(Cl)c1Cl)NCCc1ncc(C)s1. The van der Waals surface area contributed by atoms with Gasteiger partial charge < -0.3 is 20.5 Å². The highest BCUT2D eigenvalue weighted by Gasteiger charge is 2.10. The van der Waals surface area contributed by atoms with Gasteiger partial charge in [-0.05, 0) is 26.0 Å². The number of hydrogen-bond donors (Lipinski definition) is 3. The zero-order chi connectivity index (χ0) is 19.6. The summed E-state index contributed by atoms with van der Waals surface area (Å²) in [7, 11) is 0. The standard InChI is InChI=1S/C18H24Cl2N4O2S/c1-3-21-18(22-8-7-16-23-9-12(2)27-16)24-10-13(25)11-26-15-6-4-5-14(19)17(15)20/h4-6,9,13,25H,3,7-8,10-11H2,1-2H3,(H2,21,22,24). The van der Waals surface area contributed by atoms with Crippen LogP contribution >= 0.6 is 34.5 Å². The van der Waals surface area contributed by atoms with Crippen LogP contribution < -0.4 is 15.4 Å². The second-order valence-corrected chi connectivity index (χ2v) is 7.88. The number of rotatable bonds is 9. The number of ether oxygens (including phenoxy) is 1. The molecule has 0 spiro atoms. The summed E-state index contributed by atoms with van der Waals surface area (Å²) in [6.45, 7) is 5.74. The van der Waals surface area contributed by atoms with E-state index in [1.165, 1.54) is 4.88 Å². The van der Waals surface area contributed by atoms with Crippen LogP contribution in [-0.2, 0) is 6.42 Å². The topological polar surface area (TPSA) is 78.8 Å². The van der Waals surface area contributed by atoms with Gasteiger partial charge >= 0.3 is 0 Å². The number of guanidine groups is 1. The van der Waals surface area contributed by atoms with Gasteiger partial charge in [0.1, 0.15) is 23.5 Å². The Bertz CT molecular complexity index is 755. The largest absolute Gasteiger partial charge is 0.489 e. The zero-order valence-corrected chi connectivity index (χ0v) is 17.7. The molecule has 1 unspecified atom stereocenters. The lowest BCUT2D eigenvalue weighted by atomic mass is 10.3. The first-order chi connectivity index (χ1) is 13.0. The van der Waals surface area contributed by atoms with Crippen LogP contribution in [0.25, 0.3) is 0 Å². The maximum Gasteiger partial charge on any atom is 0.191 e. The number of aliphatic hydroxyl groups excluding tert-OH is 1. The predicted molar refractivity (Wildman–Crippen MR) is 113 cm³/mol. The summed E-state index contributed by atoms with van der Waals surface area (Å²) in [6, 6.07) is 5.13. The van der Waals surface area contributed by atoms with Crippen molar-refractivity contribution in [3.8, 4) is 5.75 Å². The van der Waals surface area contributed by atoms with Crippen LogP contribution in [0.3, 0.4) is 0 Å². The van der Waals surface area contributed by atoms with Gasteiger partial charge in [-0.1, -0.05) is 29.3 Å². The molecule has 0 bridgehead atoms. The molecule has 1 atom stereocenters. The van der Waals surface area contributed by atoms with Crippen molar-refractivity contribution in [2.24, 2.45) is 4.99 Å². The highest BCUT2D eigenvalue weighted by Crippen LogP contribution is 2.31. The quantitative estimate of drug-likeness (QED) is 0.420. The van der Waals surface area contributed by atoms with Crippen molar-refractivity contribution in [1.82, 2.24) is 15.6 Å². The van der Waals surface area contributed by atoms with Gasteiger partial charge in [-0.2, -0.15) is 0 Å². The molecule has 0 aliphatic heterocycles. The number of nitrogens with zero attached hydrogens (tertiary/aromatic N) is 2. The Hall–Kier alpha value is -1.54. The highest BCUT2D eigenvalue weighted by atomic mass is 35.5. The molecule has 3 N–H and O–H groups in total. The molecule has 148 valence electrons. The van der Waals surface area contributed by atoms with E-state index in [-0.39, 0.29) is 13.2 Å². The molecule has 2 rings (SSSR count). The van der Waals surface area contributed by atoms with Gasteiger partial charge in [0.25, 0.3) is 0 Å². The number of thiazole rings is 1. The third kappa shape index (κ3) is 7.54. The minimum absolute atomic E-state index is 0.0708. The predicted octanol–water partition coefficient (Wildman–Crippen LogP) is 3.30. The molecule has 1 aromatic heterocycles. The van der Waals surface area contributed by atoms with E-state index in [4.69, 9.17) is 27.9 Å². The number of nitrogens with one attached hydrogen (secondary N) is 2. The summed E-state index contributed by atoms with van der Waals surface area (Å²) in [5, 5.41) is 18.3. The van der Waals surface area contributed by atoms with Gasteiger partial charge in [0.15, 0.2) is 5.96 Å². The molecule has 0 aliphatic rings. The van der Waals surface area contributed by atoms with Crippen LogP contribution in [0.15, 0.2) is 29.4 Å². The van der Waals surface area contributed by atoms with Crippen LogP contribution in [0.5, 0.6) is 5.75 Å². The second-order valence-electron chi connectivity index (χ2n) is 5.78. The van der Waals surface area contributed by atoms with E-state index >= 15 is 0 Å². The van der Waals surface area contributed by atoms with E-state index in [9.17, 15) is 5.11 Å². The second kappa shape index (κ2) is 11.3. The first-order valence-electron chi connectivity index (χ1n) is 8.68. The third-order valence-electron chi connectivity index (χ3n) is 3.45. The molecular formula is C18H24Cl2N4O2S. The van der Waals surface area contributed by atoms with Crippen molar-refractivity contribution >= 4 is 40.5 Å². The van der Waals surface area contributed by atoms with Crippen LogP contribution in [0.2, 0.25) is 10.0 Å². The molecule has 27 heavy (non-hydrogen) atoms. The fourth-order valence-corrected chi connectivity index (χ4v) is 3.31. The third-order valence-corrected chi connectivity index (χ3v) is 5.23. The maximum absolute atomic E-state index is 10.1. The Kier molecular flexibility index (Phi) is 9.14. The monoisotopic (exact) mass is 430 g/mol.